The minimum absolute atomic E-state index is 0.455. The number of benzene rings is 1. The number of halogens is 2. The molecule has 4 heteroatoms. The lowest BCUT2D eigenvalue weighted by Gasteiger charge is -2.17. The third-order valence-corrected chi connectivity index (χ3v) is 2.87. The minimum Gasteiger partial charge on any atom is -0.391 e. The summed E-state index contributed by atoms with van der Waals surface area (Å²) in [5, 5.41) is 9.89. The summed E-state index contributed by atoms with van der Waals surface area (Å²) in [5.41, 5.74) is 6.52. The van der Waals surface area contributed by atoms with E-state index in [1.54, 1.807) is 13.0 Å². The van der Waals surface area contributed by atoms with Crippen LogP contribution in [0.2, 0.25) is 5.02 Å². The van der Waals surface area contributed by atoms with Gasteiger partial charge in [0.2, 0.25) is 0 Å². The molecule has 0 unspecified atom stereocenters. The van der Waals surface area contributed by atoms with Crippen molar-refractivity contribution in [1.82, 2.24) is 0 Å². The summed E-state index contributed by atoms with van der Waals surface area (Å²) in [5.74, 6) is 0. The molecule has 0 aliphatic carbocycles. The Morgan fingerprint density at radius 1 is 1.54 bits per heavy atom. The van der Waals surface area contributed by atoms with Gasteiger partial charge in [-0.25, -0.2) is 0 Å². The van der Waals surface area contributed by atoms with E-state index >= 15 is 0 Å². The zero-order chi connectivity index (χ0) is 10.0. The van der Waals surface area contributed by atoms with E-state index in [2.05, 4.69) is 15.9 Å². The molecule has 2 nitrogen and oxygen atoms in total. The standard InChI is InChI=1S/C9H11BrClNO/c1-5(13)9(12)8-6(10)3-2-4-7(8)11/h2-5,9,13H,12H2,1H3/t5-,9+/m0/s1. The van der Waals surface area contributed by atoms with Crippen molar-refractivity contribution in [3.8, 4) is 0 Å². The third kappa shape index (κ3) is 2.44. The second kappa shape index (κ2) is 4.42. The first kappa shape index (κ1) is 11.0. The number of aliphatic hydroxyl groups excluding tert-OH is 1. The van der Waals surface area contributed by atoms with Crippen molar-refractivity contribution in [2.75, 3.05) is 0 Å². The van der Waals surface area contributed by atoms with Gasteiger partial charge in [-0.15, -0.1) is 0 Å². The smallest absolute Gasteiger partial charge is 0.0705 e. The highest BCUT2D eigenvalue weighted by molar-refractivity contribution is 9.10. The molecule has 3 N–H and O–H groups in total. The van der Waals surface area contributed by atoms with Crippen molar-refractivity contribution in [1.29, 1.82) is 0 Å². The largest absolute Gasteiger partial charge is 0.391 e. The van der Waals surface area contributed by atoms with Crippen LogP contribution in [-0.2, 0) is 0 Å². The molecular weight excluding hydrogens is 253 g/mol. The molecular formula is C9H11BrClNO. The lowest BCUT2D eigenvalue weighted by atomic mass is 10.0. The average Bonchev–Trinajstić information content (AvgIpc) is 2.03. The summed E-state index contributed by atoms with van der Waals surface area (Å²) in [6.07, 6.45) is -0.615. The van der Waals surface area contributed by atoms with Gasteiger partial charge >= 0.3 is 0 Å². The molecule has 1 aromatic rings. The maximum absolute atomic E-state index is 9.32. The summed E-state index contributed by atoms with van der Waals surface area (Å²) < 4.78 is 0.827. The Morgan fingerprint density at radius 3 is 2.62 bits per heavy atom. The van der Waals surface area contributed by atoms with Crippen molar-refractivity contribution >= 4 is 27.5 Å². The molecule has 0 aliphatic heterocycles. The predicted molar refractivity (Wildman–Crippen MR) is 57.8 cm³/mol. The van der Waals surface area contributed by atoms with E-state index in [0.29, 0.717) is 5.02 Å². The Hall–Kier alpha value is -0.0900. The number of aliphatic hydroxyl groups is 1. The van der Waals surface area contributed by atoms with Crippen molar-refractivity contribution < 1.29 is 5.11 Å². The SMILES string of the molecule is C[C@H](O)[C@@H](N)c1c(Cl)cccc1Br. The van der Waals surface area contributed by atoms with Gasteiger partial charge in [-0.2, -0.15) is 0 Å². The van der Waals surface area contributed by atoms with Crippen molar-refractivity contribution in [2.45, 2.75) is 19.1 Å². The Morgan fingerprint density at radius 2 is 2.15 bits per heavy atom. The Labute approximate surface area is 90.8 Å². The number of hydrogen-bond acceptors (Lipinski definition) is 2. The van der Waals surface area contributed by atoms with E-state index in [4.69, 9.17) is 17.3 Å². The molecule has 0 fully saturated rings. The van der Waals surface area contributed by atoms with Crippen LogP contribution in [0.15, 0.2) is 22.7 Å². The molecule has 0 aliphatic rings. The van der Waals surface area contributed by atoms with Gasteiger partial charge in [-0.05, 0) is 19.1 Å². The first-order chi connectivity index (χ1) is 6.04. The molecule has 0 radical (unpaired) electrons. The van der Waals surface area contributed by atoms with Crippen LogP contribution in [0.3, 0.4) is 0 Å². The summed E-state index contributed by atoms with van der Waals surface area (Å²) in [7, 11) is 0. The van der Waals surface area contributed by atoms with Gasteiger partial charge in [0.15, 0.2) is 0 Å². The fourth-order valence-corrected chi connectivity index (χ4v) is 2.12. The molecule has 0 bridgehead atoms. The number of nitrogens with two attached hydrogens (primary N) is 1. The van der Waals surface area contributed by atoms with Crippen LogP contribution in [0, 0.1) is 0 Å². The Balaban J connectivity index is 3.12. The van der Waals surface area contributed by atoms with E-state index in [0.717, 1.165) is 10.0 Å². The zero-order valence-electron chi connectivity index (χ0n) is 7.17. The fraction of sp³-hybridized carbons (Fsp3) is 0.333. The van der Waals surface area contributed by atoms with E-state index in [9.17, 15) is 5.11 Å². The second-order valence-electron chi connectivity index (χ2n) is 2.90. The molecule has 0 heterocycles. The molecule has 0 amide bonds. The number of hydrogen-bond donors (Lipinski definition) is 2. The molecule has 72 valence electrons. The van der Waals surface area contributed by atoms with Crippen LogP contribution in [0.4, 0.5) is 0 Å². The lowest BCUT2D eigenvalue weighted by molar-refractivity contribution is 0.164. The zero-order valence-corrected chi connectivity index (χ0v) is 9.51. The third-order valence-electron chi connectivity index (χ3n) is 1.85. The van der Waals surface area contributed by atoms with Gasteiger partial charge in [-0.1, -0.05) is 33.6 Å². The van der Waals surface area contributed by atoms with Crippen LogP contribution in [0.1, 0.15) is 18.5 Å². The van der Waals surface area contributed by atoms with E-state index in [1.165, 1.54) is 0 Å². The molecule has 0 saturated carbocycles. The van der Waals surface area contributed by atoms with Crippen LogP contribution in [0.5, 0.6) is 0 Å². The molecule has 2 atom stereocenters. The highest BCUT2D eigenvalue weighted by Crippen LogP contribution is 2.30. The van der Waals surface area contributed by atoms with E-state index < -0.39 is 12.1 Å². The van der Waals surface area contributed by atoms with Crippen LogP contribution in [-0.4, -0.2) is 11.2 Å². The van der Waals surface area contributed by atoms with Gasteiger partial charge in [0.05, 0.1) is 12.1 Å². The maximum atomic E-state index is 9.32. The number of rotatable bonds is 2. The van der Waals surface area contributed by atoms with Gasteiger partial charge in [0.25, 0.3) is 0 Å². The van der Waals surface area contributed by atoms with Gasteiger partial charge in [0.1, 0.15) is 0 Å². The first-order valence-electron chi connectivity index (χ1n) is 3.91. The summed E-state index contributed by atoms with van der Waals surface area (Å²) in [6, 6.07) is 4.97. The van der Waals surface area contributed by atoms with E-state index in [-0.39, 0.29) is 0 Å². The summed E-state index contributed by atoms with van der Waals surface area (Å²) in [4.78, 5) is 0. The predicted octanol–water partition coefficient (Wildman–Crippen LogP) is 2.48. The fourth-order valence-electron chi connectivity index (χ4n) is 1.07. The first-order valence-corrected chi connectivity index (χ1v) is 5.08. The second-order valence-corrected chi connectivity index (χ2v) is 4.16. The average molecular weight is 265 g/mol. The van der Waals surface area contributed by atoms with Crippen molar-refractivity contribution in [3.63, 3.8) is 0 Å². The van der Waals surface area contributed by atoms with Crippen LogP contribution in [0.25, 0.3) is 0 Å². The summed E-state index contributed by atoms with van der Waals surface area (Å²) >= 11 is 9.29. The van der Waals surface area contributed by atoms with Gasteiger partial charge in [0, 0.05) is 15.1 Å². The minimum atomic E-state index is -0.615. The molecule has 1 aromatic carbocycles. The van der Waals surface area contributed by atoms with E-state index in [1.807, 2.05) is 12.1 Å². The van der Waals surface area contributed by atoms with Gasteiger partial charge < -0.3 is 10.8 Å². The topological polar surface area (TPSA) is 46.2 Å². The maximum Gasteiger partial charge on any atom is 0.0705 e. The Bertz CT molecular complexity index is 283. The van der Waals surface area contributed by atoms with Crippen LogP contribution >= 0.6 is 27.5 Å². The molecule has 0 spiro atoms. The van der Waals surface area contributed by atoms with Crippen LogP contribution < -0.4 is 5.73 Å². The van der Waals surface area contributed by atoms with Crippen molar-refractivity contribution in [2.24, 2.45) is 5.73 Å². The quantitative estimate of drug-likeness (QED) is 0.862. The molecule has 1 rings (SSSR count). The van der Waals surface area contributed by atoms with Gasteiger partial charge in [-0.3, -0.25) is 0 Å². The summed E-state index contributed by atoms with van der Waals surface area (Å²) in [6.45, 7) is 1.64. The highest BCUT2D eigenvalue weighted by atomic mass is 79.9. The van der Waals surface area contributed by atoms with Crippen molar-refractivity contribution in [3.05, 3.63) is 33.3 Å². The molecule has 13 heavy (non-hydrogen) atoms. The highest BCUT2D eigenvalue weighted by Gasteiger charge is 2.17. The molecule has 0 saturated heterocycles. The Kier molecular flexibility index (Phi) is 3.74. The monoisotopic (exact) mass is 263 g/mol. The lowest BCUT2D eigenvalue weighted by Crippen LogP contribution is -2.23. The normalized spacial score (nSPS) is 15.5. The molecule has 0 aromatic heterocycles.